The summed E-state index contributed by atoms with van der Waals surface area (Å²) in [7, 11) is 3.38. The van der Waals surface area contributed by atoms with Gasteiger partial charge in [-0.15, -0.1) is 24.0 Å². The van der Waals surface area contributed by atoms with Crippen molar-refractivity contribution in [2.45, 2.75) is 6.54 Å². The Kier molecular flexibility index (Phi) is 9.87. The van der Waals surface area contributed by atoms with Crippen molar-refractivity contribution >= 4 is 35.8 Å². The molecule has 164 valence electrons. The van der Waals surface area contributed by atoms with Crippen molar-refractivity contribution in [2.24, 2.45) is 4.99 Å². The number of nitrogens with one attached hydrogen (secondary N) is 2. The standard InChI is InChI=1S/C20H28N6O3.HI/c1-21-20(26-12-10-25(11-13-26)15-17-7-14-29-24-17)23-9-8-22-19(27)16-3-5-18(28-2)6-4-16;/h3-7,14H,8-13,15H2,1-2H3,(H,21,23)(H,22,27);1H. The Bertz CT molecular complexity index is 789. The molecule has 10 heteroatoms. The van der Waals surface area contributed by atoms with Crippen LogP contribution in [0.2, 0.25) is 0 Å². The lowest BCUT2D eigenvalue weighted by atomic mass is 10.2. The number of methoxy groups -OCH3 is 1. The average molecular weight is 528 g/mol. The third-order valence-electron chi connectivity index (χ3n) is 4.81. The molecular weight excluding hydrogens is 499 g/mol. The lowest BCUT2D eigenvalue weighted by Gasteiger charge is -2.36. The molecule has 0 radical (unpaired) electrons. The van der Waals surface area contributed by atoms with Gasteiger partial charge in [-0.05, 0) is 24.3 Å². The van der Waals surface area contributed by atoms with Crippen molar-refractivity contribution in [3.63, 3.8) is 0 Å². The van der Waals surface area contributed by atoms with Gasteiger partial charge in [0.15, 0.2) is 5.96 Å². The van der Waals surface area contributed by atoms with Gasteiger partial charge in [0.1, 0.15) is 12.0 Å². The third kappa shape index (κ3) is 6.87. The zero-order valence-corrected chi connectivity index (χ0v) is 19.7. The number of hydrogen-bond acceptors (Lipinski definition) is 6. The number of guanidine groups is 1. The van der Waals surface area contributed by atoms with Gasteiger partial charge < -0.3 is 24.8 Å². The molecule has 1 aromatic carbocycles. The largest absolute Gasteiger partial charge is 0.497 e. The van der Waals surface area contributed by atoms with E-state index in [1.54, 1.807) is 44.7 Å². The molecule has 0 unspecified atom stereocenters. The first-order valence-corrected chi connectivity index (χ1v) is 9.69. The number of hydrogen-bond donors (Lipinski definition) is 2. The Morgan fingerprint density at radius 1 is 1.13 bits per heavy atom. The van der Waals surface area contributed by atoms with Gasteiger partial charge in [0.2, 0.25) is 0 Å². The van der Waals surface area contributed by atoms with E-state index in [0.29, 0.717) is 18.7 Å². The van der Waals surface area contributed by atoms with Crippen LogP contribution in [0, 0.1) is 0 Å². The fourth-order valence-electron chi connectivity index (χ4n) is 3.19. The van der Waals surface area contributed by atoms with E-state index >= 15 is 0 Å². The summed E-state index contributed by atoms with van der Waals surface area (Å²) in [4.78, 5) is 21.1. The number of nitrogens with zero attached hydrogens (tertiary/aromatic N) is 4. The molecule has 1 aliphatic heterocycles. The molecule has 2 aromatic rings. The van der Waals surface area contributed by atoms with Crippen molar-refractivity contribution in [1.29, 1.82) is 0 Å². The van der Waals surface area contributed by atoms with Crippen molar-refractivity contribution in [2.75, 3.05) is 53.4 Å². The molecule has 1 amide bonds. The number of aromatic nitrogens is 1. The number of amides is 1. The number of carbonyl (C=O) groups excluding carboxylic acids is 1. The highest BCUT2D eigenvalue weighted by molar-refractivity contribution is 14.0. The van der Waals surface area contributed by atoms with Crippen LogP contribution in [0.4, 0.5) is 0 Å². The predicted octanol–water partition coefficient (Wildman–Crippen LogP) is 1.42. The van der Waals surface area contributed by atoms with Crippen LogP contribution >= 0.6 is 24.0 Å². The number of piperazine rings is 1. The van der Waals surface area contributed by atoms with E-state index in [1.165, 1.54) is 0 Å². The van der Waals surface area contributed by atoms with Crippen LogP contribution in [-0.4, -0.2) is 80.2 Å². The second kappa shape index (κ2) is 12.4. The van der Waals surface area contributed by atoms with Crippen molar-refractivity contribution in [3.05, 3.63) is 47.9 Å². The maximum atomic E-state index is 12.2. The fourth-order valence-corrected chi connectivity index (χ4v) is 3.19. The van der Waals surface area contributed by atoms with Crippen molar-refractivity contribution in [3.8, 4) is 5.75 Å². The molecule has 0 bridgehead atoms. The normalized spacial score (nSPS) is 14.7. The van der Waals surface area contributed by atoms with E-state index in [1.807, 2.05) is 6.07 Å². The SMILES string of the molecule is CN=C(NCCNC(=O)c1ccc(OC)cc1)N1CCN(Cc2ccon2)CC1.I. The first-order valence-electron chi connectivity index (χ1n) is 9.69. The first-order chi connectivity index (χ1) is 14.2. The average Bonchev–Trinajstić information content (AvgIpc) is 3.27. The molecule has 30 heavy (non-hydrogen) atoms. The molecule has 1 aromatic heterocycles. The number of benzene rings is 1. The molecule has 0 aliphatic carbocycles. The van der Waals surface area contributed by atoms with Gasteiger partial charge in [-0.2, -0.15) is 0 Å². The Balaban J connectivity index is 0.00000320. The van der Waals surface area contributed by atoms with Crippen LogP contribution in [0.3, 0.4) is 0 Å². The quantitative estimate of drug-likeness (QED) is 0.243. The summed E-state index contributed by atoms with van der Waals surface area (Å²) >= 11 is 0. The molecule has 2 heterocycles. The van der Waals surface area contributed by atoms with E-state index in [2.05, 4.69) is 30.6 Å². The summed E-state index contributed by atoms with van der Waals surface area (Å²) in [5.74, 6) is 1.48. The number of ether oxygens (including phenoxy) is 1. The zero-order chi connectivity index (χ0) is 20.5. The molecule has 1 saturated heterocycles. The first kappa shape index (κ1) is 23.9. The Morgan fingerprint density at radius 2 is 1.83 bits per heavy atom. The summed E-state index contributed by atoms with van der Waals surface area (Å²) in [6, 6.07) is 8.94. The van der Waals surface area contributed by atoms with Crippen LogP contribution < -0.4 is 15.4 Å². The Hall–Kier alpha value is -2.34. The molecule has 2 N–H and O–H groups in total. The van der Waals surface area contributed by atoms with Gasteiger partial charge in [0.05, 0.1) is 12.8 Å². The number of aliphatic imine (C=N–C) groups is 1. The number of halogens is 1. The van der Waals surface area contributed by atoms with E-state index < -0.39 is 0 Å². The lowest BCUT2D eigenvalue weighted by Crippen LogP contribution is -2.53. The minimum atomic E-state index is -0.106. The van der Waals surface area contributed by atoms with Gasteiger partial charge in [-0.3, -0.25) is 14.7 Å². The molecule has 1 fully saturated rings. The second-order valence-corrected chi connectivity index (χ2v) is 6.71. The lowest BCUT2D eigenvalue weighted by molar-refractivity contribution is 0.0954. The molecule has 1 aliphatic rings. The maximum Gasteiger partial charge on any atom is 0.251 e. The van der Waals surface area contributed by atoms with E-state index in [4.69, 9.17) is 9.26 Å². The minimum Gasteiger partial charge on any atom is -0.497 e. The minimum absolute atomic E-state index is 0. The second-order valence-electron chi connectivity index (χ2n) is 6.71. The monoisotopic (exact) mass is 528 g/mol. The molecule has 3 rings (SSSR count). The van der Waals surface area contributed by atoms with Crippen LogP contribution in [0.1, 0.15) is 16.1 Å². The maximum absolute atomic E-state index is 12.2. The van der Waals surface area contributed by atoms with E-state index in [9.17, 15) is 4.79 Å². The topological polar surface area (TPSA) is 95.2 Å². The van der Waals surface area contributed by atoms with Crippen LogP contribution in [0.25, 0.3) is 0 Å². The Labute approximate surface area is 193 Å². The highest BCUT2D eigenvalue weighted by Crippen LogP contribution is 2.11. The zero-order valence-electron chi connectivity index (χ0n) is 17.3. The smallest absolute Gasteiger partial charge is 0.251 e. The van der Waals surface area contributed by atoms with E-state index in [-0.39, 0.29) is 29.9 Å². The van der Waals surface area contributed by atoms with Crippen LogP contribution in [0.5, 0.6) is 5.75 Å². The highest BCUT2D eigenvalue weighted by atomic mass is 127. The van der Waals surface area contributed by atoms with Crippen LogP contribution in [0.15, 0.2) is 46.1 Å². The highest BCUT2D eigenvalue weighted by Gasteiger charge is 2.20. The van der Waals surface area contributed by atoms with Gasteiger partial charge in [0.25, 0.3) is 5.91 Å². The summed E-state index contributed by atoms with van der Waals surface area (Å²) in [5, 5.41) is 10.2. The third-order valence-corrected chi connectivity index (χ3v) is 4.81. The molecule has 0 saturated carbocycles. The van der Waals surface area contributed by atoms with Gasteiger partial charge in [0, 0.05) is 64.5 Å². The number of carbonyl (C=O) groups is 1. The van der Waals surface area contributed by atoms with Crippen molar-refractivity contribution in [1.82, 2.24) is 25.6 Å². The fraction of sp³-hybridized carbons (Fsp3) is 0.450. The van der Waals surface area contributed by atoms with Gasteiger partial charge in [-0.25, -0.2) is 0 Å². The molecule has 0 atom stereocenters. The van der Waals surface area contributed by atoms with Crippen molar-refractivity contribution < 1.29 is 14.1 Å². The van der Waals surface area contributed by atoms with Gasteiger partial charge in [-0.1, -0.05) is 5.16 Å². The van der Waals surface area contributed by atoms with Crippen LogP contribution in [-0.2, 0) is 6.54 Å². The summed E-state index contributed by atoms with van der Waals surface area (Å²) in [5.41, 5.74) is 1.56. The predicted molar refractivity (Wildman–Crippen MR) is 125 cm³/mol. The summed E-state index contributed by atoms with van der Waals surface area (Å²) in [6.07, 6.45) is 1.60. The Morgan fingerprint density at radius 3 is 2.43 bits per heavy atom. The van der Waals surface area contributed by atoms with E-state index in [0.717, 1.165) is 50.1 Å². The van der Waals surface area contributed by atoms with Gasteiger partial charge >= 0.3 is 0 Å². The summed E-state index contributed by atoms with van der Waals surface area (Å²) in [6.45, 7) is 5.55. The molecule has 9 nitrogen and oxygen atoms in total. The number of rotatable bonds is 7. The molecular formula is C20H29IN6O3. The molecule has 0 spiro atoms. The summed E-state index contributed by atoms with van der Waals surface area (Å²) < 4.78 is 10.00.